The van der Waals surface area contributed by atoms with Crippen LogP contribution in [0.25, 0.3) is 0 Å². The number of aliphatic hydroxyl groups excluding tert-OH is 1. The van der Waals surface area contributed by atoms with Crippen LogP contribution in [0.3, 0.4) is 0 Å². The Morgan fingerprint density at radius 3 is 3.24 bits per heavy atom. The van der Waals surface area contributed by atoms with E-state index in [-0.39, 0.29) is 18.6 Å². The van der Waals surface area contributed by atoms with Gasteiger partial charge in [-0.05, 0) is 19.3 Å². The summed E-state index contributed by atoms with van der Waals surface area (Å²) in [6.45, 7) is 0.612. The van der Waals surface area contributed by atoms with Crippen LogP contribution in [-0.2, 0) is 17.8 Å². The topological polar surface area (TPSA) is 67.2 Å². The van der Waals surface area contributed by atoms with Crippen LogP contribution in [0.2, 0.25) is 0 Å². The van der Waals surface area contributed by atoms with Gasteiger partial charge in [0.2, 0.25) is 5.91 Å². The zero-order chi connectivity index (χ0) is 12.3. The summed E-state index contributed by atoms with van der Waals surface area (Å²) in [7, 11) is 0. The zero-order valence-corrected chi connectivity index (χ0v) is 11.1. The Morgan fingerprint density at radius 2 is 2.53 bits per heavy atom. The molecule has 2 rings (SSSR count). The molecule has 0 bridgehead atoms. The van der Waals surface area contributed by atoms with Crippen LogP contribution in [0.1, 0.15) is 30.1 Å². The van der Waals surface area contributed by atoms with Crippen molar-refractivity contribution in [1.82, 2.24) is 15.1 Å². The van der Waals surface area contributed by atoms with Crippen LogP contribution >= 0.6 is 15.9 Å². The maximum Gasteiger partial charge on any atom is 0.231 e. The first-order valence-electron chi connectivity index (χ1n) is 5.77. The molecule has 1 amide bonds. The molecule has 0 fully saturated rings. The minimum Gasteiger partial charge on any atom is -0.394 e. The van der Waals surface area contributed by atoms with Gasteiger partial charge in [0, 0.05) is 11.3 Å². The van der Waals surface area contributed by atoms with Gasteiger partial charge in [-0.1, -0.05) is 15.9 Å². The van der Waals surface area contributed by atoms with Crippen molar-refractivity contribution in [2.75, 3.05) is 11.9 Å². The summed E-state index contributed by atoms with van der Waals surface area (Å²) in [5.41, 5.74) is 2.24. The maximum atomic E-state index is 11.4. The predicted molar refractivity (Wildman–Crippen MR) is 66.9 cm³/mol. The highest BCUT2D eigenvalue weighted by Crippen LogP contribution is 2.29. The lowest BCUT2D eigenvalue weighted by Gasteiger charge is -2.23. The Morgan fingerprint density at radius 1 is 1.71 bits per heavy atom. The molecule has 0 saturated carbocycles. The number of hydrogen-bond acceptors (Lipinski definition) is 3. The van der Waals surface area contributed by atoms with Crippen LogP contribution in [0.15, 0.2) is 6.20 Å². The molecule has 1 aromatic rings. The second kappa shape index (κ2) is 5.64. The standard InChI is InChI=1S/C11H16BrN3O2/c12-6-11(17)14-9-2-1-3-10-8(9)7-13-15(10)4-5-16/h7,9,16H,1-6H2,(H,14,17). The number of amides is 1. The first-order chi connectivity index (χ1) is 8.26. The van der Waals surface area contributed by atoms with Gasteiger partial charge in [0.05, 0.1) is 30.7 Å². The highest BCUT2D eigenvalue weighted by molar-refractivity contribution is 9.09. The Balaban J connectivity index is 2.17. The first kappa shape index (κ1) is 12.6. The number of carbonyl (C=O) groups excluding carboxylic acids is 1. The van der Waals surface area contributed by atoms with E-state index in [0.717, 1.165) is 30.5 Å². The van der Waals surface area contributed by atoms with E-state index in [2.05, 4.69) is 26.3 Å². The molecule has 94 valence electrons. The van der Waals surface area contributed by atoms with E-state index >= 15 is 0 Å². The predicted octanol–water partition coefficient (Wildman–Crippen LogP) is 0.764. The van der Waals surface area contributed by atoms with E-state index in [0.29, 0.717) is 11.9 Å². The summed E-state index contributed by atoms with van der Waals surface area (Å²) in [6.07, 6.45) is 4.77. The molecule has 0 radical (unpaired) electrons. The summed E-state index contributed by atoms with van der Waals surface area (Å²) >= 11 is 3.15. The van der Waals surface area contributed by atoms with Gasteiger partial charge in [-0.15, -0.1) is 0 Å². The van der Waals surface area contributed by atoms with Gasteiger partial charge in [-0.25, -0.2) is 0 Å². The van der Waals surface area contributed by atoms with Gasteiger partial charge < -0.3 is 10.4 Å². The van der Waals surface area contributed by atoms with Crippen molar-refractivity contribution in [3.8, 4) is 0 Å². The van der Waals surface area contributed by atoms with E-state index in [1.54, 1.807) is 0 Å². The molecule has 1 atom stereocenters. The average Bonchev–Trinajstić information content (AvgIpc) is 2.74. The maximum absolute atomic E-state index is 11.4. The number of hydrogen-bond donors (Lipinski definition) is 2. The van der Waals surface area contributed by atoms with E-state index in [4.69, 9.17) is 5.11 Å². The monoisotopic (exact) mass is 301 g/mol. The number of fused-ring (bicyclic) bond motifs is 1. The van der Waals surface area contributed by atoms with Gasteiger partial charge in [-0.3, -0.25) is 9.48 Å². The van der Waals surface area contributed by atoms with Crippen molar-refractivity contribution in [3.05, 3.63) is 17.5 Å². The second-order valence-corrected chi connectivity index (χ2v) is 4.70. The minimum atomic E-state index is -0.00208. The van der Waals surface area contributed by atoms with Crippen molar-refractivity contribution in [1.29, 1.82) is 0 Å². The highest BCUT2D eigenvalue weighted by Gasteiger charge is 2.24. The summed E-state index contributed by atoms with van der Waals surface area (Å²) in [6, 6.07) is 0.0660. The van der Waals surface area contributed by atoms with E-state index in [1.807, 2.05) is 10.9 Å². The molecule has 1 aromatic heterocycles. The molecule has 0 aliphatic heterocycles. The molecule has 0 spiro atoms. The van der Waals surface area contributed by atoms with Crippen LogP contribution in [0.4, 0.5) is 0 Å². The molecule has 0 saturated heterocycles. The normalized spacial score (nSPS) is 18.8. The number of alkyl halides is 1. The van der Waals surface area contributed by atoms with Gasteiger partial charge in [0.15, 0.2) is 0 Å². The van der Waals surface area contributed by atoms with Crippen LogP contribution in [0, 0.1) is 0 Å². The van der Waals surface area contributed by atoms with Gasteiger partial charge in [0.1, 0.15) is 0 Å². The number of aliphatic hydroxyl groups is 1. The number of nitrogens with one attached hydrogen (secondary N) is 1. The van der Waals surface area contributed by atoms with Crippen molar-refractivity contribution in [2.45, 2.75) is 31.8 Å². The van der Waals surface area contributed by atoms with E-state index in [1.165, 1.54) is 0 Å². The Labute approximate surface area is 108 Å². The summed E-state index contributed by atoms with van der Waals surface area (Å²) < 4.78 is 1.84. The van der Waals surface area contributed by atoms with Crippen molar-refractivity contribution < 1.29 is 9.90 Å². The quantitative estimate of drug-likeness (QED) is 0.807. The number of rotatable bonds is 4. The molecule has 6 heteroatoms. The van der Waals surface area contributed by atoms with Gasteiger partial charge >= 0.3 is 0 Å². The third-order valence-corrected chi connectivity index (χ3v) is 3.54. The Bertz CT molecular complexity index is 405. The fourth-order valence-electron chi connectivity index (χ4n) is 2.29. The second-order valence-electron chi connectivity index (χ2n) is 4.14. The van der Waals surface area contributed by atoms with E-state index in [9.17, 15) is 4.79 Å². The third kappa shape index (κ3) is 2.69. The molecule has 1 unspecified atom stereocenters. The van der Waals surface area contributed by atoms with Crippen LogP contribution in [-0.4, -0.2) is 32.7 Å². The van der Waals surface area contributed by atoms with Crippen molar-refractivity contribution >= 4 is 21.8 Å². The van der Waals surface area contributed by atoms with Crippen molar-refractivity contribution in [3.63, 3.8) is 0 Å². The SMILES string of the molecule is O=C(CBr)NC1CCCc2c1cnn2CCO. The van der Waals surface area contributed by atoms with Gasteiger partial charge in [0.25, 0.3) is 0 Å². The molecular formula is C11H16BrN3O2. The average molecular weight is 302 g/mol. The lowest BCUT2D eigenvalue weighted by Crippen LogP contribution is -2.31. The molecule has 1 heterocycles. The lowest BCUT2D eigenvalue weighted by molar-refractivity contribution is -0.119. The number of aromatic nitrogens is 2. The smallest absolute Gasteiger partial charge is 0.231 e. The number of nitrogens with zero attached hydrogens (tertiary/aromatic N) is 2. The highest BCUT2D eigenvalue weighted by atomic mass is 79.9. The Hall–Kier alpha value is -0.880. The molecule has 17 heavy (non-hydrogen) atoms. The molecular weight excluding hydrogens is 286 g/mol. The molecule has 1 aliphatic rings. The number of carbonyl (C=O) groups is 1. The fourth-order valence-corrected chi connectivity index (χ4v) is 2.45. The summed E-state index contributed by atoms with van der Waals surface area (Å²) in [5.74, 6) is -0.00208. The summed E-state index contributed by atoms with van der Waals surface area (Å²) in [5, 5.41) is 16.5. The molecule has 0 aromatic carbocycles. The van der Waals surface area contributed by atoms with Crippen molar-refractivity contribution in [2.24, 2.45) is 0 Å². The van der Waals surface area contributed by atoms with Gasteiger partial charge in [-0.2, -0.15) is 5.10 Å². The summed E-state index contributed by atoms with van der Waals surface area (Å²) in [4.78, 5) is 11.4. The number of halogens is 1. The van der Waals surface area contributed by atoms with E-state index < -0.39 is 0 Å². The largest absolute Gasteiger partial charge is 0.394 e. The first-order valence-corrected chi connectivity index (χ1v) is 6.89. The lowest BCUT2D eigenvalue weighted by atomic mass is 9.93. The molecule has 1 aliphatic carbocycles. The molecule has 5 nitrogen and oxygen atoms in total. The molecule has 2 N–H and O–H groups in total. The Kier molecular flexibility index (Phi) is 4.17. The third-order valence-electron chi connectivity index (χ3n) is 3.03. The van der Waals surface area contributed by atoms with Crippen LogP contribution in [0.5, 0.6) is 0 Å². The van der Waals surface area contributed by atoms with Crippen LogP contribution < -0.4 is 5.32 Å². The zero-order valence-electron chi connectivity index (χ0n) is 9.53. The minimum absolute atomic E-state index is 0.00208. The fraction of sp³-hybridized carbons (Fsp3) is 0.636.